The van der Waals surface area contributed by atoms with Gasteiger partial charge in [0.25, 0.3) is 5.91 Å². The van der Waals surface area contributed by atoms with E-state index in [9.17, 15) is 9.59 Å². The summed E-state index contributed by atoms with van der Waals surface area (Å²) < 4.78 is 0. The molecule has 1 aliphatic heterocycles. The minimum atomic E-state index is 0.0180. The summed E-state index contributed by atoms with van der Waals surface area (Å²) in [5.41, 5.74) is 1.91. The van der Waals surface area contributed by atoms with E-state index in [4.69, 9.17) is 0 Å². The number of amides is 3. The fraction of sp³-hybridized carbons (Fsp3) is 0.636. The molecule has 0 aromatic heterocycles. The number of urea groups is 1. The number of hydrogen-bond acceptors (Lipinski definition) is 2. The lowest BCUT2D eigenvalue weighted by Crippen LogP contribution is -2.44. The lowest BCUT2D eigenvalue weighted by molar-refractivity contribution is 0.0933. The number of likely N-dealkylation sites (tertiary alicyclic amines) is 1. The maximum atomic E-state index is 12.7. The molecule has 1 aromatic carbocycles. The molecule has 148 valence electrons. The van der Waals surface area contributed by atoms with Crippen LogP contribution in [0, 0.1) is 0 Å². The lowest BCUT2D eigenvalue weighted by atomic mass is 9.89. The van der Waals surface area contributed by atoms with Gasteiger partial charge in [-0.15, -0.1) is 0 Å². The minimum absolute atomic E-state index is 0.0180. The van der Waals surface area contributed by atoms with Crippen LogP contribution in [0.3, 0.4) is 0 Å². The molecule has 1 saturated heterocycles. The predicted molar refractivity (Wildman–Crippen MR) is 108 cm³/mol. The molecule has 0 unspecified atom stereocenters. The third-order valence-corrected chi connectivity index (χ3v) is 5.85. The van der Waals surface area contributed by atoms with Crippen LogP contribution in [0.15, 0.2) is 24.3 Å². The first kappa shape index (κ1) is 19.7. The first-order chi connectivity index (χ1) is 13.2. The van der Waals surface area contributed by atoms with Crippen molar-refractivity contribution in [3.05, 3.63) is 35.4 Å². The normalized spacial score (nSPS) is 21.4. The van der Waals surface area contributed by atoms with Crippen molar-refractivity contribution < 1.29 is 9.59 Å². The van der Waals surface area contributed by atoms with Gasteiger partial charge in [0.2, 0.25) is 0 Å². The van der Waals surface area contributed by atoms with Gasteiger partial charge in [0.05, 0.1) is 0 Å². The molecule has 27 heavy (non-hydrogen) atoms. The average molecular weight is 372 g/mol. The van der Waals surface area contributed by atoms with Gasteiger partial charge in [-0.05, 0) is 50.3 Å². The lowest BCUT2D eigenvalue weighted by Gasteiger charge is -2.33. The molecular weight excluding hydrogens is 338 g/mol. The van der Waals surface area contributed by atoms with Crippen molar-refractivity contribution in [2.45, 2.75) is 70.3 Å². The van der Waals surface area contributed by atoms with E-state index >= 15 is 0 Å². The molecule has 0 spiro atoms. The van der Waals surface area contributed by atoms with Gasteiger partial charge >= 0.3 is 6.03 Å². The summed E-state index contributed by atoms with van der Waals surface area (Å²) in [7, 11) is 0. The molecule has 1 aliphatic carbocycles. The maximum absolute atomic E-state index is 12.7. The van der Waals surface area contributed by atoms with Crippen LogP contribution < -0.4 is 10.6 Å². The van der Waals surface area contributed by atoms with Crippen LogP contribution in [-0.2, 0) is 0 Å². The number of carbonyl (C=O) groups is 2. The second-order valence-corrected chi connectivity index (χ2v) is 7.91. The van der Waals surface area contributed by atoms with Gasteiger partial charge in [-0.2, -0.15) is 0 Å². The van der Waals surface area contributed by atoms with E-state index in [0.29, 0.717) is 18.5 Å². The van der Waals surface area contributed by atoms with E-state index in [1.807, 2.05) is 30.0 Å². The Morgan fingerprint density at radius 3 is 2.59 bits per heavy atom. The van der Waals surface area contributed by atoms with Crippen molar-refractivity contribution in [2.24, 2.45) is 0 Å². The first-order valence-corrected chi connectivity index (χ1v) is 10.6. The van der Waals surface area contributed by atoms with Crippen LogP contribution in [0.25, 0.3) is 0 Å². The van der Waals surface area contributed by atoms with Crippen LogP contribution in [0.4, 0.5) is 4.79 Å². The summed E-state index contributed by atoms with van der Waals surface area (Å²) in [6, 6.07) is 8.32. The quantitative estimate of drug-likeness (QED) is 0.785. The highest BCUT2D eigenvalue weighted by Gasteiger charge is 2.25. The van der Waals surface area contributed by atoms with Crippen LogP contribution in [0.2, 0.25) is 0 Å². The van der Waals surface area contributed by atoms with E-state index in [2.05, 4.69) is 16.7 Å². The van der Waals surface area contributed by atoms with E-state index in [0.717, 1.165) is 49.9 Å². The van der Waals surface area contributed by atoms with E-state index in [-0.39, 0.29) is 11.9 Å². The van der Waals surface area contributed by atoms with E-state index in [1.165, 1.54) is 25.7 Å². The summed E-state index contributed by atoms with van der Waals surface area (Å²) in [5, 5.41) is 6.13. The second-order valence-electron chi connectivity index (χ2n) is 7.91. The highest BCUT2D eigenvalue weighted by Crippen LogP contribution is 2.27. The van der Waals surface area contributed by atoms with Gasteiger partial charge in [0, 0.05) is 37.2 Å². The molecule has 3 rings (SSSR count). The fourth-order valence-corrected chi connectivity index (χ4v) is 4.32. The summed E-state index contributed by atoms with van der Waals surface area (Å²) in [5.74, 6) is 0.340. The van der Waals surface area contributed by atoms with Gasteiger partial charge in [-0.3, -0.25) is 4.79 Å². The Labute approximate surface area is 162 Å². The van der Waals surface area contributed by atoms with Crippen LogP contribution >= 0.6 is 0 Å². The third kappa shape index (κ3) is 5.47. The largest absolute Gasteiger partial charge is 0.349 e. The van der Waals surface area contributed by atoms with Crippen molar-refractivity contribution >= 4 is 11.9 Å². The Kier molecular flexibility index (Phi) is 7.13. The van der Waals surface area contributed by atoms with Crippen molar-refractivity contribution in [3.8, 4) is 0 Å². The standard InChI is InChI=1S/C22H33N3O2/c1-2-23-22(27)25-14-8-11-19(16-25)17-9-7-10-18(15-17)21(26)24-20-12-5-3-4-6-13-20/h7,9-10,15,19-20H,2-6,8,11-14,16H2,1H3,(H,23,27)(H,24,26)/t19-/m1/s1. The summed E-state index contributed by atoms with van der Waals surface area (Å²) in [4.78, 5) is 26.8. The van der Waals surface area contributed by atoms with Crippen molar-refractivity contribution in [3.63, 3.8) is 0 Å². The molecule has 0 radical (unpaired) electrons. The monoisotopic (exact) mass is 371 g/mol. The zero-order valence-electron chi connectivity index (χ0n) is 16.5. The molecule has 1 atom stereocenters. The molecule has 2 N–H and O–H groups in total. The Bertz CT molecular complexity index is 638. The number of nitrogens with zero attached hydrogens (tertiary/aromatic N) is 1. The summed E-state index contributed by atoms with van der Waals surface area (Å²) in [6.45, 7) is 4.12. The van der Waals surface area contributed by atoms with Crippen molar-refractivity contribution in [1.29, 1.82) is 0 Å². The summed E-state index contributed by atoms with van der Waals surface area (Å²) >= 11 is 0. The van der Waals surface area contributed by atoms with Gasteiger partial charge in [-0.1, -0.05) is 37.8 Å². The highest BCUT2D eigenvalue weighted by atomic mass is 16.2. The highest BCUT2D eigenvalue weighted by molar-refractivity contribution is 5.94. The molecule has 5 nitrogen and oxygen atoms in total. The van der Waals surface area contributed by atoms with Gasteiger partial charge in [0.1, 0.15) is 0 Å². The Balaban J connectivity index is 1.63. The molecule has 1 aromatic rings. The number of rotatable bonds is 4. The van der Waals surface area contributed by atoms with Gasteiger partial charge in [-0.25, -0.2) is 4.79 Å². The van der Waals surface area contributed by atoms with Gasteiger partial charge in [0.15, 0.2) is 0 Å². The molecule has 1 saturated carbocycles. The molecular formula is C22H33N3O2. The van der Waals surface area contributed by atoms with Crippen LogP contribution in [-0.4, -0.2) is 42.5 Å². The topological polar surface area (TPSA) is 61.4 Å². The number of piperidine rings is 1. The first-order valence-electron chi connectivity index (χ1n) is 10.6. The number of nitrogens with one attached hydrogen (secondary N) is 2. The van der Waals surface area contributed by atoms with Crippen LogP contribution in [0.5, 0.6) is 0 Å². The smallest absolute Gasteiger partial charge is 0.317 e. The number of benzene rings is 1. The average Bonchev–Trinajstić information content (AvgIpc) is 2.97. The molecule has 3 amide bonds. The second kappa shape index (κ2) is 9.77. The van der Waals surface area contributed by atoms with Crippen molar-refractivity contribution in [2.75, 3.05) is 19.6 Å². The SMILES string of the molecule is CCNC(=O)N1CCC[C@@H](c2cccc(C(=O)NC3CCCCCC3)c2)C1. The Morgan fingerprint density at radius 1 is 1.07 bits per heavy atom. The molecule has 1 heterocycles. The zero-order valence-corrected chi connectivity index (χ0v) is 16.5. The summed E-state index contributed by atoms with van der Waals surface area (Å²) in [6.07, 6.45) is 9.23. The molecule has 2 fully saturated rings. The fourth-order valence-electron chi connectivity index (χ4n) is 4.32. The predicted octanol–water partition coefficient (Wildman–Crippen LogP) is 4.05. The van der Waals surface area contributed by atoms with Gasteiger partial charge < -0.3 is 15.5 Å². The third-order valence-electron chi connectivity index (χ3n) is 5.85. The minimum Gasteiger partial charge on any atom is -0.349 e. The van der Waals surface area contributed by atoms with Crippen molar-refractivity contribution in [1.82, 2.24) is 15.5 Å². The molecule has 2 aliphatic rings. The van der Waals surface area contributed by atoms with E-state index < -0.39 is 0 Å². The molecule has 5 heteroatoms. The zero-order chi connectivity index (χ0) is 19.1. The maximum Gasteiger partial charge on any atom is 0.317 e. The Morgan fingerprint density at radius 2 is 1.85 bits per heavy atom. The van der Waals surface area contributed by atoms with Crippen LogP contribution in [0.1, 0.15) is 80.1 Å². The van der Waals surface area contributed by atoms with E-state index in [1.54, 1.807) is 0 Å². The number of hydrogen-bond donors (Lipinski definition) is 2. The Hall–Kier alpha value is -2.04. The number of carbonyl (C=O) groups excluding carboxylic acids is 2. The molecule has 0 bridgehead atoms.